The van der Waals surface area contributed by atoms with Gasteiger partial charge < -0.3 is 9.73 Å². The Kier molecular flexibility index (Phi) is 7.08. The number of anilines is 3. The summed E-state index contributed by atoms with van der Waals surface area (Å²) in [7, 11) is -3.36. The van der Waals surface area contributed by atoms with Crippen LogP contribution in [0.1, 0.15) is 35.2 Å². The van der Waals surface area contributed by atoms with Gasteiger partial charge in [-0.15, -0.1) is 11.3 Å². The van der Waals surface area contributed by atoms with Crippen LogP contribution in [0.15, 0.2) is 46.4 Å². The van der Waals surface area contributed by atoms with Crippen LogP contribution in [0.5, 0.6) is 0 Å². The van der Waals surface area contributed by atoms with Crippen LogP contribution in [-0.4, -0.2) is 31.0 Å². The van der Waals surface area contributed by atoms with Crippen LogP contribution in [-0.2, 0) is 21.2 Å². The molecule has 0 spiro atoms. The van der Waals surface area contributed by atoms with Crippen LogP contribution in [0.4, 0.5) is 16.5 Å². The van der Waals surface area contributed by atoms with Gasteiger partial charge in [0.1, 0.15) is 5.76 Å². The summed E-state index contributed by atoms with van der Waals surface area (Å²) in [6.07, 6.45) is 1.99. The number of hydrogen-bond donors (Lipinski definition) is 3. The molecule has 0 aliphatic heterocycles. The molecular formula is C20H22N4O5S2. The predicted molar refractivity (Wildman–Crippen MR) is 120 cm³/mol. The average molecular weight is 463 g/mol. The number of hydrogen-bond acceptors (Lipinski definition) is 7. The molecule has 0 unspecified atom stereocenters. The first kappa shape index (κ1) is 22.5. The zero-order chi connectivity index (χ0) is 22.4. The SMILES string of the molecule is CCCS(=O)(=O)Nc1ccc(NC(=O)Cc2csc(NC(=O)c3ccoc3C)n2)cc1. The number of rotatable bonds is 9. The van der Waals surface area contributed by atoms with E-state index in [0.717, 1.165) is 0 Å². The van der Waals surface area contributed by atoms with Gasteiger partial charge in [0.25, 0.3) is 5.91 Å². The summed E-state index contributed by atoms with van der Waals surface area (Å²) in [6.45, 7) is 3.48. The van der Waals surface area contributed by atoms with E-state index in [-0.39, 0.29) is 24.0 Å². The Balaban J connectivity index is 1.53. The van der Waals surface area contributed by atoms with Crippen molar-refractivity contribution in [3.63, 3.8) is 0 Å². The van der Waals surface area contributed by atoms with Crippen molar-refractivity contribution in [2.75, 3.05) is 21.1 Å². The molecular weight excluding hydrogens is 440 g/mol. The Hall–Kier alpha value is -3.18. The van der Waals surface area contributed by atoms with Crippen LogP contribution < -0.4 is 15.4 Å². The predicted octanol–water partition coefficient (Wildman–Crippen LogP) is 3.63. The number of aromatic nitrogens is 1. The first-order valence-corrected chi connectivity index (χ1v) is 12.0. The van der Waals surface area contributed by atoms with E-state index in [4.69, 9.17) is 4.42 Å². The maximum atomic E-state index is 12.3. The molecule has 164 valence electrons. The molecule has 3 aromatic rings. The van der Waals surface area contributed by atoms with Crippen LogP contribution in [0.2, 0.25) is 0 Å². The van der Waals surface area contributed by atoms with Crippen molar-refractivity contribution in [1.82, 2.24) is 4.98 Å². The first-order valence-electron chi connectivity index (χ1n) is 9.46. The maximum absolute atomic E-state index is 12.3. The Morgan fingerprint density at radius 1 is 1.10 bits per heavy atom. The fourth-order valence-corrected chi connectivity index (χ4v) is 4.56. The molecule has 0 saturated carbocycles. The number of carbonyl (C=O) groups is 2. The number of nitrogens with one attached hydrogen (secondary N) is 3. The molecule has 0 saturated heterocycles. The third-order valence-corrected chi connectivity index (χ3v) is 6.43. The van der Waals surface area contributed by atoms with Crippen molar-refractivity contribution in [3.8, 4) is 0 Å². The molecule has 9 nitrogen and oxygen atoms in total. The minimum Gasteiger partial charge on any atom is -0.469 e. The van der Waals surface area contributed by atoms with Crippen molar-refractivity contribution >= 4 is 49.7 Å². The lowest BCUT2D eigenvalue weighted by Crippen LogP contribution is -2.17. The van der Waals surface area contributed by atoms with E-state index >= 15 is 0 Å². The Morgan fingerprint density at radius 3 is 2.45 bits per heavy atom. The van der Waals surface area contributed by atoms with Gasteiger partial charge in [-0.25, -0.2) is 13.4 Å². The van der Waals surface area contributed by atoms with Gasteiger partial charge in [0.05, 0.1) is 29.7 Å². The normalized spacial score (nSPS) is 11.2. The lowest BCUT2D eigenvalue weighted by molar-refractivity contribution is -0.115. The highest BCUT2D eigenvalue weighted by Crippen LogP contribution is 2.19. The van der Waals surface area contributed by atoms with E-state index in [1.54, 1.807) is 49.6 Å². The average Bonchev–Trinajstić information content (AvgIpc) is 3.31. The molecule has 2 amide bonds. The van der Waals surface area contributed by atoms with Gasteiger partial charge in [0.15, 0.2) is 5.13 Å². The van der Waals surface area contributed by atoms with Crippen molar-refractivity contribution in [2.24, 2.45) is 0 Å². The van der Waals surface area contributed by atoms with E-state index in [1.165, 1.54) is 17.6 Å². The molecule has 2 aromatic heterocycles. The number of aryl methyl sites for hydroxylation is 1. The van der Waals surface area contributed by atoms with Crippen molar-refractivity contribution in [1.29, 1.82) is 0 Å². The highest BCUT2D eigenvalue weighted by Gasteiger charge is 2.15. The van der Waals surface area contributed by atoms with E-state index in [1.807, 2.05) is 0 Å². The number of furan rings is 1. The number of amides is 2. The Morgan fingerprint density at radius 2 is 1.81 bits per heavy atom. The molecule has 3 N–H and O–H groups in total. The summed E-state index contributed by atoms with van der Waals surface area (Å²) in [5.74, 6) is -0.0549. The number of thiazole rings is 1. The van der Waals surface area contributed by atoms with Crippen LogP contribution in [0, 0.1) is 6.92 Å². The lowest BCUT2D eigenvalue weighted by Gasteiger charge is -2.08. The highest BCUT2D eigenvalue weighted by molar-refractivity contribution is 7.92. The maximum Gasteiger partial charge on any atom is 0.260 e. The summed E-state index contributed by atoms with van der Waals surface area (Å²) >= 11 is 1.22. The molecule has 11 heteroatoms. The monoisotopic (exact) mass is 462 g/mol. The van der Waals surface area contributed by atoms with Crippen molar-refractivity contribution in [2.45, 2.75) is 26.7 Å². The van der Waals surface area contributed by atoms with Gasteiger partial charge in [-0.3, -0.25) is 19.6 Å². The zero-order valence-corrected chi connectivity index (χ0v) is 18.6. The molecule has 2 heterocycles. The van der Waals surface area contributed by atoms with Gasteiger partial charge in [-0.1, -0.05) is 6.92 Å². The smallest absolute Gasteiger partial charge is 0.260 e. The van der Waals surface area contributed by atoms with Crippen molar-refractivity contribution in [3.05, 3.63) is 59.0 Å². The summed E-state index contributed by atoms with van der Waals surface area (Å²) in [5.41, 5.74) is 1.91. The zero-order valence-electron chi connectivity index (χ0n) is 17.0. The first-order chi connectivity index (χ1) is 14.8. The topological polar surface area (TPSA) is 130 Å². The van der Waals surface area contributed by atoms with E-state index in [9.17, 15) is 18.0 Å². The van der Waals surface area contributed by atoms with Crippen molar-refractivity contribution < 1.29 is 22.4 Å². The quantitative estimate of drug-likeness (QED) is 0.445. The molecule has 0 fully saturated rings. The van der Waals surface area contributed by atoms with E-state index in [2.05, 4.69) is 20.3 Å². The van der Waals surface area contributed by atoms with Crippen LogP contribution >= 0.6 is 11.3 Å². The molecule has 31 heavy (non-hydrogen) atoms. The number of benzene rings is 1. The van der Waals surface area contributed by atoms with Crippen LogP contribution in [0.3, 0.4) is 0 Å². The number of sulfonamides is 1. The van der Waals surface area contributed by atoms with Gasteiger partial charge >= 0.3 is 0 Å². The third kappa shape index (κ3) is 6.40. The Bertz CT molecular complexity index is 1170. The summed E-state index contributed by atoms with van der Waals surface area (Å²) in [5, 5.41) is 7.50. The summed E-state index contributed by atoms with van der Waals surface area (Å²) in [6, 6.07) is 7.96. The fraction of sp³-hybridized carbons (Fsp3) is 0.250. The Labute approximate surface area is 183 Å². The standard InChI is InChI=1S/C20H22N4O5S2/c1-3-10-31(27,28)24-15-6-4-14(5-7-15)21-18(25)11-16-12-30-20(22-16)23-19(26)17-8-9-29-13(17)2/h4-9,12,24H,3,10-11H2,1-2H3,(H,21,25)(H,22,23,26). The third-order valence-electron chi connectivity index (χ3n) is 4.13. The van der Waals surface area contributed by atoms with Gasteiger partial charge in [0, 0.05) is 16.8 Å². The molecule has 0 radical (unpaired) electrons. The largest absolute Gasteiger partial charge is 0.469 e. The van der Waals surface area contributed by atoms with E-state index in [0.29, 0.717) is 39.9 Å². The summed E-state index contributed by atoms with van der Waals surface area (Å²) in [4.78, 5) is 28.7. The second-order valence-electron chi connectivity index (χ2n) is 6.71. The minimum absolute atomic E-state index is 0.0298. The molecule has 0 aliphatic rings. The number of nitrogens with zero attached hydrogens (tertiary/aromatic N) is 1. The minimum atomic E-state index is -3.36. The second kappa shape index (κ2) is 9.75. The van der Waals surface area contributed by atoms with Gasteiger partial charge in [0.2, 0.25) is 15.9 Å². The van der Waals surface area contributed by atoms with Crippen LogP contribution in [0.25, 0.3) is 0 Å². The molecule has 1 aromatic carbocycles. The number of carbonyl (C=O) groups excluding carboxylic acids is 2. The second-order valence-corrected chi connectivity index (χ2v) is 9.41. The van der Waals surface area contributed by atoms with Gasteiger partial charge in [-0.2, -0.15) is 0 Å². The lowest BCUT2D eigenvalue weighted by atomic mass is 10.2. The molecule has 0 bridgehead atoms. The molecule has 0 aliphatic carbocycles. The fourth-order valence-electron chi connectivity index (χ4n) is 2.72. The van der Waals surface area contributed by atoms with Gasteiger partial charge in [-0.05, 0) is 43.7 Å². The molecule has 0 atom stereocenters. The summed E-state index contributed by atoms with van der Waals surface area (Å²) < 4.78 is 31.2. The highest BCUT2D eigenvalue weighted by atomic mass is 32.2. The molecule has 3 rings (SSSR count). The van der Waals surface area contributed by atoms with E-state index < -0.39 is 10.0 Å².